The van der Waals surface area contributed by atoms with Crippen LogP contribution in [-0.4, -0.2) is 34.0 Å². The summed E-state index contributed by atoms with van der Waals surface area (Å²) in [5, 5.41) is 0.844. The zero-order valence-electron chi connectivity index (χ0n) is 14.4. The fraction of sp³-hybridized carbons (Fsp3) is 0.450. The molecule has 2 heterocycles. The average Bonchev–Trinajstić information content (AvgIpc) is 3.04. The number of H-pyrrole nitrogens is 1. The standard InChI is InChI=1S/C20H22N2O3/c1-13-18(14-7-3-4-8-15(14)21-13)16(23)12-22-17(24)11-20(19(22)25)9-5-2-6-10-20/h3-4,7-8,21H,2,5-6,9-12H2,1H3. The minimum Gasteiger partial charge on any atom is -0.358 e. The van der Waals surface area contributed by atoms with Crippen LogP contribution in [0.5, 0.6) is 0 Å². The van der Waals surface area contributed by atoms with E-state index in [1.54, 1.807) is 0 Å². The summed E-state index contributed by atoms with van der Waals surface area (Å²) in [6.45, 7) is 1.70. The number of aromatic amines is 1. The molecule has 1 spiro atoms. The Morgan fingerprint density at radius 1 is 1.16 bits per heavy atom. The molecule has 5 heteroatoms. The number of ketones is 1. The maximum Gasteiger partial charge on any atom is 0.236 e. The summed E-state index contributed by atoms with van der Waals surface area (Å²) in [6.07, 6.45) is 4.91. The monoisotopic (exact) mass is 338 g/mol. The number of Topliss-reactive ketones (excluding diaryl/α,β-unsaturated/α-hetero) is 1. The summed E-state index contributed by atoms with van der Waals surface area (Å²) in [5.41, 5.74) is 1.72. The smallest absolute Gasteiger partial charge is 0.236 e. The number of rotatable bonds is 3. The highest BCUT2D eigenvalue weighted by molar-refractivity contribution is 6.14. The molecule has 0 unspecified atom stereocenters. The molecule has 1 N–H and O–H groups in total. The number of benzene rings is 1. The molecule has 2 aromatic rings. The summed E-state index contributed by atoms with van der Waals surface area (Å²) < 4.78 is 0. The van der Waals surface area contributed by atoms with Crippen molar-refractivity contribution in [2.24, 2.45) is 5.41 Å². The number of likely N-dealkylation sites (tertiary alicyclic amines) is 1. The second-order valence-electron chi connectivity index (χ2n) is 7.40. The van der Waals surface area contributed by atoms with Gasteiger partial charge in [0.25, 0.3) is 0 Å². The highest BCUT2D eigenvalue weighted by Gasteiger charge is 2.51. The van der Waals surface area contributed by atoms with Crippen molar-refractivity contribution in [3.63, 3.8) is 0 Å². The lowest BCUT2D eigenvalue weighted by molar-refractivity contribution is -0.141. The molecular formula is C20H22N2O3. The lowest BCUT2D eigenvalue weighted by Gasteiger charge is -2.30. The van der Waals surface area contributed by atoms with Crippen LogP contribution >= 0.6 is 0 Å². The summed E-state index contributed by atoms with van der Waals surface area (Å²) in [7, 11) is 0. The van der Waals surface area contributed by atoms with Gasteiger partial charge in [-0.05, 0) is 25.8 Å². The number of amides is 2. The van der Waals surface area contributed by atoms with Crippen LogP contribution < -0.4 is 0 Å². The number of imide groups is 1. The highest BCUT2D eigenvalue weighted by atomic mass is 16.2. The first kappa shape index (κ1) is 16.1. The third kappa shape index (κ3) is 2.49. The first-order valence-corrected chi connectivity index (χ1v) is 8.97. The molecule has 2 aliphatic rings. The van der Waals surface area contributed by atoms with E-state index in [0.717, 1.165) is 48.7 Å². The van der Waals surface area contributed by atoms with Crippen molar-refractivity contribution in [1.29, 1.82) is 0 Å². The molecular weight excluding hydrogens is 316 g/mol. The first-order chi connectivity index (χ1) is 12.0. The van der Waals surface area contributed by atoms with Gasteiger partial charge in [0, 0.05) is 28.6 Å². The maximum absolute atomic E-state index is 12.9. The van der Waals surface area contributed by atoms with E-state index < -0.39 is 5.41 Å². The number of nitrogens with one attached hydrogen (secondary N) is 1. The predicted molar refractivity (Wildman–Crippen MR) is 94.2 cm³/mol. The number of para-hydroxylation sites is 1. The lowest BCUT2D eigenvalue weighted by atomic mass is 9.73. The molecule has 4 rings (SSSR count). The molecule has 2 amide bonds. The van der Waals surface area contributed by atoms with E-state index in [2.05, 4.69) is 4.98 Å². The molecule has 25 heavy (non-hydrogen) atoms. The Morgan fingerprint density at radius 3 is 2.64 bits per heavy atom. The number of aryl methyl sites for hydroxylation is 1. The van der Waals surface area contributed by atoms with E-state index in [4.69, 9.17) is 0 Å². The van der Waals surface area contributed by atoms with Crippen LogP contribution in [0.25, 0.3) is 10.9 Å². The van der Waals surface area contributed by atoms with Gasteiger partial charge in [0.05, 0.1) is 12.0 Å². The van der Waals surface area contributed by atoms with E-state index in [-0.39, 0.29) is 30.6 Å². The Labute approximate surface area is 146 Å². The van der Waals surface area contributed by atoms with Gasteiger partial charge >= 0.3 is 0 Å². The van der Waals surface area contributed by atoms with Crippen LogP contribution in [-0.2, 0) is 9.59 Å². The number of nitrogens with zero attached hydrogens (tertiary/aromatic N) is 1. The van der Waals surface area contributed by atoms with Gasteiger partial charge in [-0.2, -0.15) is 0 Å². The minimum atomic E-state index is -0.537. The molecule has 2 fully saturated rings. The summed E-state index contributed by atoms with van der Waals surface area (Å²) in [4.78, 5) is 42.6. The Morgan fingerprint density at radius 2 is 1.88 bits per heavy atom. The first-order valence-electron chi connectivity index (χ1n) is 8.97. The quantitative estimate of drug-likeness (QED) is 0.689. The van der Waals surface area contributed by atoms with Gasteiger partial charge in [-0.1, -0.05) is 37.5 Å². The minimum absolute atomic E-state index is 0.136. The number of hydrogen-bond acceptors (Lipinski definition) is 3. The van der Waals surface area contributed by atoms with Gasteiger partial charge in [0.1, 0.15) is 0 Å². The molecule has 1 saturated carbocycles. The molecule has 0 atom stereocenters. The van der Waals surface area contributed by atoms with Crippen molar-refractivity contribution < 1.29 is 14.4 Å². The van der Waals surface area contributed by atoms with Crippen molar-refractivity contribution in [3.8, 4) is 0 Å². The van der Waals surface area contributed by atoms with Crippen molar-refractivity contribution in [2.75, 3.05) is 6.54 Å². The second-order valence-corrected chi connectivity index (χ2v) is 7.40. The van der Waals surface area contributed by atoms with Crippen molar-refractivity contribution >= 4 is 28.5 Å². The number of aromatic nitrogens is 1. The van der Waals surface area contributed by atoms with Crippen molar-refractivity contribution in [1.82, 2.24) is 9.88 Å². The van der Waals surface area contributed by atoms with E-state index in [9.17, 15) is 14.4 Å². The van der Waals surface area contributed by atoms with Gasteiger partial charge in [0.2, 0.25) is 11.8 Å². The number of hydrogen-bond donors (Lipinski definition) is 1. The van der Waals surface area contributed by atoms with E-state index in [1.807, 2.05) is 31.2 Å². The topological polar surface area (TPSA) is 70.2 Å². The summed E-state index contributed by atoms with van der Waals surface area (Å²) in [6, 6.07) is 7.60. The largest absolute Gasteiger partial charge is 0.358 e. The predicted octanol–water partition coefficient (Wildman–Crippen LogP) is 3.37. The maximum atomic E-state index is 12.9. The van der Waals surface area contributed by atoms with Crippen LogP contribution in [0.3, 0.4) is 0 Å². The molecule has 1 aromatic carbocycles. The van der Waals surface area contributed by atoms with Crippen LogP contribution in [0, 0.1) is 12.3 Å². The van der Waals surface area contributed by atoms with Gasteiger partial charge in [-0.15, -0.1) is 0 Å². The second kappa shape index (κ2) is 5.83. The van der Waals surface area contributed by atoms with Gasteiger partial charge in [-0.3, -0.25) is 19.3 Å². The van der Waals surface area contributed by atoms with Gasteiger partial charge in [0.15, 0.2) is 5.78 Å². The number of carbonyl (C=O) groups is 3. The van der Waals surface area contributed by atoms with Crippen molar-refractivity contribution in [3.05, 3.63) is 35.5 Å². The van der Waals surface area contributed by atoms with Crippen LogP contribution in [0.2, 0.25) is 0 Å². The van der Waals surface area contributed by atoms with E-state index in [1.165, 1.54) is 4.90 Å². The van der Waals surface area contributed by atoms with Gasteiger partial charge in [-0.25, -0.2) is 0 Å². The normalized spacial score (nSPS) is 20.0. The molecule has 0 bridgehead atoms. The lowest BCUT2D eigenvalue weighted by Crippen LogP contribution is -2.39. The fourth-order valence-electron chi connectivity index (χ4n) is 4.50. The third-order valence-corrected chi connectivity index (χ3v) is 5.77. The van der Waals surface area contributed by atoms with Crippen LogP contribution in [0.1, 0.15) is 54.6 Å². The molecule has 130 valence electrons. The van der Waals surface area contributed by atoms with Crippen LogP contribution in [0.15, 0.2) is 24.3 Å². The SMILES string of the molecule is Cc1[nH]c2ccccc2c1C(=O)CN1C(=O)CC2(CCCCC2)C1=O. The summed E-state index contributed by atoms with van der Waals surface area (Å²) >= 11 is 0. The fourth-order valence-corrected chi connectivity index (χ4v) is 4.50. The zero-order chi connectivity index (χ0) is 17.6. The molecule has 1 aliphatic heterocycles. The highest BCUT2D eigenvalue weighted by Crippen LogP contribution is 2.45. The number of fused-ring (bicyclic) bond motifs is 1. The Hall–Kier alpha value is -2.43. The Kier molecular flexibility index (Phi) is 3.74. The van der Waals surface area contributed by atoms with E-state index in [0.29, 0.717) is 5.56 Å². The van der Waals surface area contributed by atoms with E-state index >= 15 is 0 Å². The summed E-state index contributed by atoms with van der Waals surface area (Å²) in [5.74, 6) is -0.509. The molecule has 0 radical (unpaired) electrons. The van der Waals surface area contributed by atoms with Crippen molar-refractivity contribution in [2.45, 2.75) is 45.4 Å². The molecule has 5 nitrogen and oxygen atoms in total. The van der Waals surface area contributed by atoms with Crippen LogP contribution in [0.4, 0.5) is 0 Å². The average molecular weight is 338 g/mol. The molecule has 1 aliphatic carbocycles. The molecule has 1 aromatic heterocycles. The van der Waals surface area contributed by atoms with Gasteiger partial charge < -0.3 is 4.98 Å². The Balaban J connectivity index is 1.61. The molecule has 1 saturated heterocycles. The third-order valence-electron chi connectivity index (χ3n) is 5.77. The zero-order valence-corrected chi connectivity index (χ0v) is 14.4. The Bertz CT molecular complexity index is 874. The number of carbonyl (C=O) groups excluding carboxylic acids is 3.